The third-order valence-corrected chi connectivity index (χ3v) is 3.28. The number of non-ortho nitro benzene ring substituents is 1. The molecule has 1 aromatic rings. The van der Waals surface area contributed by atoms with Gasteiger partial charge in [-0.3, -0.25) is 14.9 Å². The van der Waals surface area contributed by atoms with Gasteiger partial charge in [-0.15, -0.1) is 0 Å². The van der Waals surface area contributed by atoms with Gasteiger partial charge in [-0.05, 0) is 30.9 Å². The van der Waals surface area contributed by atoms with Crippen molar-refractivity contribution in [1.29, 1.82) is 0 Å². The van der Waals surface area contributed by atoms with Crippen molar-refractivity contribution in [3.8, 4) is 0 Å². The number of nitro groups is 1. The molecule has 1 fully saturated rings. The van der Waals surface area contributed by atoms with Crippen LogP contribution in [-0.2, 0) is 0 Å². The van der Waals surface area contributed by atoms with E-state index in [9.17, 15) is 14.9 Å². The average molecular weight is 260 g/mol. The minimum absolute atomic E-state index is 0.0715. The van der Waals surface area contributed by atoms with Gasteiger partial charge in [0, 0.05) is 30.8 Å². The number of rotatable bonds is 3. The molecule has 19 heavy (non-hydrogen) atoms. The van der Waals surface area contributed by atoms with Crippen LogP contribution in [0.1, 0.15) is 35.2 Å². The van der Waals surface area contributed by atoms with Crippen molar-refractivity contribution in [2.24, 2.45) is 0 Å². The number of hydrogen-bond acceptors (Lipinski definition) is 3. The fraction of sp³-hybridized carbons (Fsp3) is 0.357. The molecule has 0 N–H and O–H groups in total. The number of amides is 1. The Labute approximate surface area is 111 Å². The quantitative estimate of drug-likeness (QED) is 0.620. The van der Waals surface area contributed by atoms with Crippen LogP contribution >= 0.6 is 0 Å². The monoisotopic (exact) mass is 260 g/mol. The minimum Gasteiger partial charge on any atom is -0.339 e. The highest BCUT2D eigenvalue weighted by molar-refractivity contribution is 5.95. The Morgan fingerprint density at radius 1 is 1.26 bits per heavy atom. The molecule has 0 aliphatic carbocycles. The Morgan fingerprint density at radius 2 is 1.95 bits per heavy atom. The second-order valence-electron chi connectivity index (χ2n) is 4.63. The fourth-order valence-corrected chi connectivity index (χ4v) is 2.26. The summed E-state index contributed by atoms with van der Waals surface area (Å²) >= 11 is 0. The summed E-state index contributed by atoms with van der Waals surface area (Å²) in [6, 6.07) is 4.40. The molecule has 0 aromatic heterocycles. The Hall–Kier alpha value is -2.17. The second-order valence-corrected chi connectivity index (χ2v) is 4.63. The van der Waals surface area contributed by atoms with Gasteiger partial charge < -0.3 is 4.90 Å². The summed E-state index contributed by atoms with van der Waals surface area (Å²) in [5.41, 5.74) is 0.887. The summed E-state index contributed by atoms with van der Waals surface area (Å²) in [5, 5.41) is 10.9. The first-order chi connectivity index (χ1) is 9.11. The van der Waals surface area contributed by atoms with Crippen molar-refractivity contribution in [2.45, 2.75) is 19.3 Å². The number of nitrogens with zero attached hydrogens (tertiary/aromatic N) is 2. The maximum Gasteiger partial charge on any atom is 0.270 e. The Morgan fingerprint density at radius 3 is 2.53 bits per heavy atom. The summed E-state index contributed by atoms with van der Waals surface area (Å²) in [4.78, 5) is 24.5. The van der Waals surface area contributed by atoms with E-state index in [-0.39, 0.29) is 11.6 Å². The highest BCUT2D eigenvalue weighted by Crippen LogP contribution is 2.21. The van der Waals surface area contributed by atoms with E-state index in [1.165, 1.54) is 18.2 Å². The van der Waals surface area contributed by atoms with Gasteiger partial charge in [0.2, 0.25) is 0 Å². The second kappa shape index (κ2) is 5.65. The largest absolute Gasteiger partial charge is 0.339 e. The average Bonchev–Trinajstić information content (AvgIpc) is 2.46. The lowest BCUT2D eigenvalue weighted by atomic mass is 10.1. The van der Waals surface area contributed by atoms with Gasteiger partial charge in [-0.25, -0.2) is 0 Å². The number of carbonyl (C=O) groups is 1. The first kappa shape index (κ1) is 13.3. The molecule has 0 radical (unpaired) electrons. The van der Waals surface area contributed by atoms with E-state index in [2.05, 4.69) is 6.58 Å². The summed E-state index contributed by atoms with van der Waals surface area (Å²) in [6.45, 7) is 5.05. The molecule has 0 unspecified atom stereocenters. The standard InChI is InChI=1S/C14H16N2O3/c1-2-11-8-12(10-13(9-11)16(18)19)14(17)15-6-4-3-5-7-15/h2,8-10H,1,3-7H2. The molecule has 0 bridgehead atoms. The Kier molecular flexibility index (Phi) is 3.94. The zero-order valence-corrected chi connectivity index (χ0v) is 10.7. The summed E-state index contributed by atoms with van der Waals surface area (Å²) in [5.74, 6) is -0.133. The molecular weight excluding hydrogens is 244 g/mol. The topological polar surface area (TPSA) is 63.5 Å². The molecule has 1 aliphatic heterocycles. The normalized spacial score (nSPS) is 15.1. The number of carbonyl (C=O) groups excluding carboxylic acids is 1. The van der Waals surface area contributed by atoms with Crippen molar-refractivity contribution in [3.63, 3.8) is 0 Å². The zero-order chi connectivity index (χ0) is 13.8. The number of benzene rings is 1. The summed E-state index contributed by atoms with van der Waals surface area (Å²) < 4.78 is 0. The van der Waals surface area contributed by atoms with Gasteiger partial charge in [0.25, 0.3) is 11.6 Å². The first-order valence-electron chi connectivity index (χ1n) is 6.33. The van der Waals surface area contributed by atoms with E-state index < -0.39 is 4.92 Å². The zero-order valence-electron chi connectivity index (χ0n) is 10.7. The molecule has 5 heteroatoms. The van der Waals surface area contributed by atoms with Crippen LogP contribution < -0.4 is 0 Å². The van der Waals surface area contributed by atoms with Crippen molar-refractivity contribution >= 4 is 17.7 Å². The van der Waals surface area contributed by atoms with Crippen LogP contribution in [0.2, 0.25) is 0 Å². The molecule has 1 heterocycles. The highest BCUT2D eigenvalue weighted by Gasteiger charge is 2.20. The molecule has 5 nitrogen and oxygen atoms in total. The SMILES string of the molecule is C=Cc1cc(C(=O)N2CCCCC2)cc([N+](=O)[O-])c1. The molecule has 1 amide bonds. The van der Waals surface area contributed by atoms with Crippen LogP contribution in [0.4, 0.5) is 5.69 Å². The lowest BCUT2D eigenvalue weighted by molar-refractivity contribution is -0.384. The van der Waals surface area contributed by atoms with Crippen LogP contribution in [-0.4, -0.2) is 28.8 Å². The summed E-state index contributed by atoms with van der Waals surface area (Å²) in [7, 11) is 0. The third-order valence-electron chi connectivity index (χ3n) is 3.28. The van der Waals surface area contributed by atoms with E-state index in [1.54, 1.807) is 11.0 Å². The van der Waals surface area contributed by atoms with Crippen LogP contribution in [0.3, 0.4) is 0 Å². The molecule has 100 valence electrons. The first-order valence-corrected chi connectivity index (χ1v) is 6.33. The molecule has 1 aliphatic rings. The smallest absolute Gasteiger partial charge is 0.270 e. The minimum atomic E-state index is -0.486. The van der Waals surface area contributed by atoms with E-state index in [0.29, 0.717) is 11.1 Å². The Bertz CT molecular complexity index is 519. The van der Waals surface area contributed by atoms with Crippen molar-refractivity contribution in [3.05, 3.63) is 46.0 Å². The van der Waals surface area contributed by atoms with Crippen LogP contribution in [0.15, 0.2) is 24.8 Å². The van der Waals surface area contributed by atoms with E-state index in [1.807, 2.05) is 0 Å². The molecule has 0 atom stereocenters. The molecule has 1 saturated heterocycles. The van der Waals surface area contributed by atoms with Crippen LogP contribution in [0.5, 0.6) is 0 Å². The van der Waals surface area contributed by atoms with Crippen molar-refractivity contribution < 1.29 is 9.72 Å². The number of piperidine rings is 1. The van der Waals surface area contributed by atoms with Crippen LogP contribution in [0.25, 0.3) is 6.08 Å². The molecule has 0 spiro atoms. The van der Waals surface area contributed by atoms with E-state index in [4.69, 9.17) is 0 Å². The fourth-order valence-electron chi connectivity index (χ4n) is 2.26. The molecular formula is C14H16N2O3. The van der Waals surface area contributed by atoms with Crippen molar-refractivity contribution in [2.75, 3.05) is 13.1 Å². The van der Waals surface area contributed by atoms with Gasteiger partial charge in [-0.2, -0.15) is 0 Å². The van der Waals surface area contributed by atoms with E-state index >= 15 is 0 Å². The van der Waals surface area contributed by atoms with Crippen molar-refractivity contribution in [1.82, 2.24) is 4.90 Å². The maximum absolute atomic E-state index is 12.3. The maximum atomic E-state index is 12.3. The van der Waals surface area contributed by atoms with Gasteiger partial charge in [-0.1, -0.05) is 12.7 Å². The third kappa shape index (κ3) is 2.99. The van der Waals surface area contributed by atoms with Gasteiger partial charge >= 0.3 is 0 Å². The molecule has 2 rings (SSSR count). The predicted molar refractivity (Wildman–Crippen MR) is 72.9 cm³/mol. The predicted octanol–water partition coefficient (Wildman–Crippen LogP) is 2.86. The number of likely N-dealkylation sites (tertiary alicyclic amines) is 1. The van der Waals surface area contributed by atoms with E-state index in [0.717, 1.165) is 32.4 Å². The van der Waals surface area contributed by atoms with Crippen LogP contribution in [0, 0.1) is 10.1 Å². The number of nitro benzene ring substituents is 1. The van der Waals surface area contributed by atoms with Gasteiger partial charge in [0.05, 0.1) is 4.92 Å². The summed E-state index contributed by atoms with van der Waals surface area (Å²) in [6.07, 6.45) is 4.64. The lowest BCUT2D eigenvalue weighted by Crippen LogP contribution is -2.35. The number of hydrogen-bond donors (Lipinski definition) is 0. The Balaban J connectivity index is 2.32. The lowest BCUT2D eigenvalue weighted by Gasteiger charge is -2.26. The molecule has 1 aromatic carbocycles. The van der Waals surface area contributed by atoms with Gasteiger partial charge in [0.15, 0.2) is 0 Å². The van der Waals surface area contributed by atoms with Gasteiger partial charge in [0.1, 0.15) is 0 Å². The molecule has 0 saturated carbocycles. The highest BCUT2D eigenvalue weighted by atomic mass is 16.6.